The lowest BCUT2D eigenvalue weighted by molar-refractivity contribution is -0.0293. The van der Waals surface area contributed by atoms with Crippen LogP contribution in [0.15, 0.2) is 0 Å². The van der Waals surface area contributed by atoms with E-state index in [2.05, 4.69) is 5.32 Å². The minimum atomic E-state index is -2.63. The van der Waals surface area contributed by atoms with Crippen molar-refractivity contribution < 1.29 is 8.78 Å². The zero-order valence-corrected chi connectivity index (χ0v) is 8.19. The van der Waals surface area contributed by atoms with Crippen LogP contribution in [0.25, 0.3) is 0 Å². The van der Waals surface area contributed by atoms with Crippen LogP contribution >= 0.6 is 0 Å². The third-order valence-corrected chi connectivity index (χ3v) is 1.80. The molecule has 0 saturated carbocycles. The number of alkyl halides is 2. The molecule has 0 atom stereocenters. The van der Waals surface area contributed by atoms with Crippen LogP contribution in [0.2, 0.25) is 0 Å². The number of hydrogen-bond donors (Lipinski definition) is 1. The molecule has 0 radical (unpaired) electrons. The molecule has 4 heteroatoms. The Morgan fingerprint density at radius 2 is 1.92 bits per heavy atom. The van der Waals surface area contributed by atoms with Gasteiger partial charge in [0.2, 0.25) is 0 Å². The zero-order valence-electron chi connectivity index (χ0n) is 8.19. The second-order valence-corrected chi connectivity index (χ2v) is 3.40. The van der Waals surface area contributed by atoms with Crippen molar-refractivity contribution in [2.24, 2.45) is 0 Å². The molecule has 0 rings (SSSR count). The maximum absolute atomic E-state index is 12.9. The van der Waals surface area contributed by atoms with E-state index in [4.69, 9.17) is 0 Å². The van der Waals surface area contributed by atoms with E-state index in [0.29, 0.717) is 0 Å². The van der Waals surface area contributed by atoms with Gasteiger partial charge in [-0.15, -0.1) is 0 Å². The summed E-state index contributed by atoms with van der Waals surface area (Å²) in [5.74, 6) is -2.63. The lowest BCUT2D eigenvalue weighted by Gasteiger charge is -2.26. The Kier molecular flexibility index (Phi) is 4.63. The quantitative estimate of drug-likeness (QED) is 0.683. The van der Waals surface area contributed by atoms with Crippen molar-refractivity contribution in [3.8, 4) is 0 Å². The second-order valence-electron chi connectivity index (χ2n) is 3.40. The topological polar surface area (TPSA) is 15.3 Å². The van der Waals surface area contributed by atoms with E-state index in [9.17, 15) is 8.78 Å². The fraction of sp³-hybridized carbons (Fsp3) is 1.00. The summed E-state index contributed by atoms with van der Waals surface area (Å²) in [6.45, 7) is 3.35. The van der Waals surface area contributed by atoms with Crippen molar-refractivity contribution in [2.45, 2.75) is 25.8 Å². The highest BCUT2D eigenvalue weighted by Gasteiger charge is 2.29. The molecule has 0 aromatic heterocycles. The Morgan fingerprint density at radius 3 is 2.25 bits per heavy atom. The summed E-state index contributed by atoms with van der Waals surface area (Å²) < 4.78 is 25.9. The summed E-state index contributed by atoms with van der Waals surface area (Å²) in [5.41, 5.74) is 0. The van der Waals surface area contributed by atoms with Gasteiger partial charge >= 0.3 is 0 Å². The Balaban J connectivity index is 3.87. The van der Waals surface area contributed by atoms with Crippen LogP contribution in [-0.4, -0.2) is 44.0 Å². The molecule has 0 aliphatic rings. The number of halogens is 2. The van der Waals surface area contributed by atoms with Gasteiger partial charge in [0, 0.05) is 6.04 Å². The highest BCUT2D eigenvalue weighted by atomic mass is 19.3. The van der Waals surface area contributed by atoms with Gasteiger partial charge in [-0.25, -0.2) is 8.78 Å². The highest BCUT2D eigenvalue weighted by Crippen LogP contribution is 2.14. The van der Waals surface area contributed by atoms with Crippen molar-refractivity contribution >= 4 is 0 Å². The summed E-state index contributed by atoms with van der Waals surface area (Å²) >= 11 is 0. The normalized spacial score (nSPS) is 13.0. The van der Waals surface area contributed by atoms with Gasteiger partial charge < -0.3 is 5.32 Å². The van der Waals surface area contributed by atoms with Crippen molar-refractivity contribution in [3.63, 3.8) is 0 Å². The van der Waals surface area contributed by atoms with Gasteiger partial charge in [0.1, 0.15) is 0 Å². The summed E-state index contributed by atoms with van der Waals surface area (Å²) in [4.78, 5) is 1.64. The first kappa shape index (κ1) is 11.8. The first-order chi connectivity index (χ1) is 5.39. The Hall–Kier alpha value is -0.220. The monoisotopic (exact) mass is 180 g/mol. The smallest absolute Gasteiger partial charge is 0.272 e. The van der Waals surface area contributed by atoms with E-state index >= 15 is 0 Å². The third-order valence-electron chi connectivity index (χ3n) is 1.80. The van der Waals surface area contributed by atoms with Crippen molar-refractivity contribution in [3.05, 3.63) is 0 Å². The number of nitrogens with zero attached hydrogens (tertiary/aromatic N) is 1. The van der Waals surface area contributed by atoms with Crippen LogP contribution in [0.3, 0.4) is 0 Å². The van der Waals surface area contributed by atoms with Crippen LogP contribution in [0.4, 0.5) is 8.78 Å². The second kappa shape index (κ2) is 4.72. The Morgan fingerprint density at radius 1 is 1.42 bits per heavy atom. The van der Waals surface area contributed by atoms with E-state index in [-0.39, 0.29) is 19.1 Å². The van der Waals surface area contributed by atoms with Crippen LogP contribution < -0.4 is 5.32 Å². The van der Waals surface area contributed by atoms with E-state index in [1.807, 2.05) is 13.8 Å². The minimum absolute atomic E-state index is 0.160. The molecule has 0 saturated heterocycles. The molecule has 2 nitrogen and oxygen atoms in total. The largest absolute Gasteiger partial charge is 0.314 e. The lowest BCUT2D eigenvalue weighted by atomic mass is 10.2. The molecule has 0 aromatic carbocycles. The molecule has 74 valence electrons. The number of nitrogens with one attached hydrogen (secondary N) is 1. The molecule has 0 fully saturated rings. The molecule has 0 spiro atoms. The van der Waals surface area contributed by atoms with Gasteiger partial charge in [0.05, 0.1) is 13.1 Å². The predicted octanol–water partition coefficient (Wildman–Crippen LogP) is 1.18. The minimum Gasteiger partial charge on any atom is -0.314 e. The van der Waals surface area contributed by atoms with Gasteiger partial charge in [-0.1, -0.05) is 0 Å². The maximum atomic E-state index is 12.9. The van der Waals surface area contributed by atoms with Crippen molar-refractivity contribution in [1.82, 2.24) is 10.2 Å². The van der Waals surface area contributed by atoms with Gasteiger partial charge in [-0.05, 0) is 27.9 Å². The molecule has 0 aliphatic heterocycles. The summed E-state index contributed by atoms with van der Waals surface area (Å²) in [5, 5.41) is 2.48. The summed E-state index contributed by atoms with van der Waals surface area (Å²) in [7, 11) is 3.23. The van der Waals surface area contributed by atoms with Crippen LogP contribution in [0, 0.1) is 0 Å². The number of rotatable bonds is 5. The SMILES string of the molecule is CNCC(F)(F)CN(C)C(C)C. The molecule has 0 aliphatic carbocycles. The van der Waals surface area contributed by atoms with Gasteiger partial charge in [-0.2, -0.15) is 0 Å². The van der Waals surface area contributed by atoms with E-state index in [1.54, 1.807) is 11.9 Å². The zero-order chi connectivity index (χ0) is 9.78. The van der Waals surface area contributed by atoms with Gasteiger partial charge in [0.15, 0.2) is 0 Å². The molecule has 0 amide bonds. The molecule has 0 aromatic rings. The first-order valence-electron chi connectivity index (χ1n) is 4.11. The van der Waals surface area contributed by atoms with Crippen molar-refractivity contribution in [2.75, 3.05) is 27.2 Å². The molecule has 0 bridgehead atoms. The Bertz CT molecular complexity index is 126. The Labute approximate surface area is 72.9 Å². The van der Waals surface area contributed by atoms with Gasteiger partial charge in [0.25, 0.3) is 5.92 Å². The number of hydrogen-bond acceptors (Lipinski definition) is 2. The average molecular weight is 180 g/mol. The maximum Gasteiger partial charge on any atom is 0.272 e. The molecule has 0 heterocycles. The molecular formula is C8H18F2N2. The standard InChI is InChI=1S/C8H18F2N2/c1-7(2)12(4)6-8(9,10)5-11-3/h7,11H,5-6H2,1-4H3. The lowest BCUT2D eigenvalue weighted by Crippen LogP contribution is -2.43. The van der Waals surface area contributed by atoms with Gasteiger partial charge in [-0.3, -0.25) is 4.90 Å². The fourth-order valence-electron chi connectivity index (χ4n) is 0.862. The van der Waals surface area contributed by atoms with Crippen LogP contribution in [0.5, 0.6) is 0 Å². The first-order valence-corrected chi connectivity index (χ1v) is 4.11. The third kappa shape index (κ3) is 4.62. The predicted molar refractivity (Wildman–Crippen MR) is 46.6 cm³/mol. The summed E-state index contributed by atoms with van der Waals surface area (Å²) in [6.07, 6.45) is 0. The van der Waals surface area contributed by atoms with Crippen molar-refractivity contribution in [1.29, 1.82) is 0 Å². The van der Waals surface area contributed by atoms with Crippen LogP contribution in [0.1, 0.15) is 13.8 Å². The molecular weight excluding hydrogens is 162 g/mol. The fourth-order valence-corrected chi connectivity index (χ4v) is 0.862. The van der Waals surface area contributed by atoms with E-state index in [1.165, 1.54) is 7.05 Å². The molecule has 12 heavy (non-hydrogen) atoms. The molecule has 0 unspecified atom stereocenters. The van der Waals surface area contributed by atoms with E-state index < -0.39 is 5.92 Å². The summed E-state index contributed by atoms with van der Waals surface area (Å²) in [6, 6.07) is 0.160. The van der Waals surface area contributed by atoms with E-state index in [0.717, 1.165) is 0 Å². The highest BCUT2D eigenvalue weighted by molar-refractivity contribution is 4.73. The average Bonchev–Trinajstić information content (AvgIpc) is 1.85. The molecule has 1 N–H and O–H groups in total. The van der Waals surface area contributed by atoms with Crippen LogP contribution in [-0.2, 0) is 0 Å².